The maximum atomic E-state index is 13.6. The molecule has 0 aliphatic heterocycles. The molecule has 0 radical (unpaired) electrons. The predicted molar refractivity (Wildman–Crippen MR) is 145 cm³/mol. The van der Waals surface area contributed by atoms with E-state index in [1.54, 1.807) is 30.5 Å². The Bertz CT molecular complexity index is 1430. The molecule has 0 bridgehead atoms. The van der Waals surface area contributed by atoms with Crippen molar-refractivity contribution in [2.24, 2.45) is 0 Å². The number of aryl methyl sites for hydroxylation is 2. The fourth-order valence-electron chi connectivity index (χ4n) is 4.19. The van der Waals surface area contributed by atoms with E-state index in [0.717, 1.165) is 0 Å². The molecule has 0 atom stereocenters. The summed E-state index contributed by atoms with van der Waals surface area (Å²) in [6.07, 6.45) is 0. The lowest BCUT2D eigenvalue weighted by Gasteiger charge is -2.22. The minimum Gasteiger partial charge on any atom is -0.493 e. The van der Waals surface area contributed by atoms with Crippen molar-refractivity contribution in [3.05, 3.63) is 87.2 Å². The van der Waals surface area contributed by atoms with E-state index in [-0.39, 0.29) is 11.0 Å². The zero-order valence-corrected chi connectivity index (χ0v) is 22.2. The lowest BCUT2D eigenvalue weighted by atomic mass is 9.84. The lowest BCUT2D eigenvalue weighted by Crippen LogP contribution is -2.22. The second kappa shape index (κ2) is 9.78. The molecular formula is C29H32N2O3S. The molecule has 0 unspecified atom stereocenters. The van der Waals surface area contributed by atoms with Gasteiger partial charge in [0.15, 0.2) is 16.7 Å². The topological polar surface area (TPSA) is 53.4 Å². The van der Waals surface area contributed by atoms with Crippen molar-refractivity contribution in [3.63, 3.8) is 0 Å². The molecule has 182 valence electrons. The van der Waals surface area contributed by atoms with E-state index >= 15 is 0 Å². The third kappa shape index (κ3) is 4.94. The van der Waals surface area contributed by atoms with E-state index in [1.807, 2.05) is 42.5 Å². The van der Waals surface area contributed by atoms with Crippen molar-refractivity contribution in [2.75, 3.05) is 14.2 Å². The van der Waals surface area contributed by atoms with Gasteiger partial charge in [-0.15, -0.1) is 0 Å². The molecule has 0 saturated heterocycles. The summed E-state index contributed by atoms with van der Waals surface area (Å²) >= 11 is 1.57. The Morgan fingerprint density at radius 1 is 0.914 bits per heavy atom. The molecule has 4 aromatic rings. The largest absolute Gasteiger partial charge is 0.493 e. The SMILES string of the molecule is COc1ccc(-n2c(SCc3c(C)cc(C(C)(C)C)cc3C)nc3ccccc3c2=O)cc1OC. The van der Waals surface area contributed by atoms with Crippen molar-refractivity contribution >= 4 is 22.7 Å². The number of benzene rings is 3. The molecule has 0 amide bonds. The first-order valence-electron chi connectivity index (χ1n) is 11.6. The minimum absolute atomic E-state index is 0.0923. The van der Waals surface area contributed by atoms with Gasteiger partial charge < -0.3 is 9.47 Å². The standard InChI is InChI=1S/C29H32N2O3S/c1-18-14-20(29(3,4)5)15-19(2)23(18)17-35-28-30-24-11-9-8-10-22(24)27(32)31(28)21-12-13-25(33-6)26(16-21)34-7/h8-16H,17H2,1-7H3. The molecule has 5 nitrogen and oxygen atoms in total. The molecule has 0 aliphatic carbocycles. The normalized spacial score (nSPS) is 11.6. The number of aromatic nitrogens is 2. The van der Waals surface area contributed by atoms with Gasteiger partial charge in [0, 0.05) is 11.8 Å². The molecule has 6 heteroatoms. The molecule has 35 heavy (non-hydrogen) atoms. The zero-order valence-electron chi connectivity index (χ0n) is 21.4. The number of hydrogen-bond acceptors (Lipinski definition) is 5. The summed E-state index contributed by atoms with van der Waals surface area (Å²) in [7, 11) is 3.18. The van der Waals surface area contributed by atoms with Gasteiger partial charge in [-0.2, -0.15) is 0 Å². The Morgan fingerprint density at radius 3 is 2.20 bits per heavy atom. The molecule has 0 N–H and O–H groups in total. The van der Waals surface area contributed by atoms with E-state index in [1.165, 1.54) is 22.3 Å². The molecule has 0 spiro atoms. The van der Waals surface area contributed by atoms with E-state index in [2.05, 4.69) is 46.8 Å². The van der Waals surface area contributed by atoms with Crippen LogP contribution < -0.4 is 15.0 Å². The molecule has 0 saturated carbocycles. The molecule has 1 aromatic heterocycles. The second-order valence-corrected chi connectivity index (χ2v) is 10.7. The fraction of sp³-hybridized carbons (Fsp3) is 0.310. The highest BCUT2D eigenvalue weighted by atomic mass is 32.2. The summed E-state index contributed by atoms with van der Waals surface area (Å²) in [6.45, 7) is 11.0. The van der Waals surface area contributed by atoms with Gasteiger partial charge in [0.05, 0.1) is 30.8 Å². The van der Waals surface area contributed by atoms with Crippen LogP contribution in [0.5, 0.6) is 11.5 Å². The van der Waals surface area contributed by atoms with Crippen LogP contribution in [0.25, 0.3) is 16.6 Å². The summed E-state index contributed by atoms with van der Waals surface area (Å²) in [5.74, 6) is 1.88. The average Bonchev–Trinajstić information content (AvgIpc) is 2.82. The minimum atomic E-state index is -0.109. The Kier molecular flexibility index (Phi) is 6.95. The van der Waals surface area contributed by atoms with E-state index < -0.39 is 0 Å². The van der Waals surface area contributed by atoms with Crippen molar-refractivity contribution in [3.8, 4) is 17.2 Å². The summed E-state index contributed by atoms with van der Waals surface area (Å²) in [6, 6.07) is 17.5. The highest BCUT2D eigenvalue weighted by molar-refractivity contribution is 7.98. The number of fused-ring (bicyclic) bond motifs is 1. The number of rotatable bonds is 6. The fourth-order valence-corrected chi connectivity index (χ4v) is 5.40. The van der Waals surface area contributed by atoms with E-state index in [0.29, 0.717) is 39.0 Å². The number of methoxy groups -OCH3 is 2. The van der Waals surface area contributed by atoms with Crippen LogP contribution in [0, 0.1) is 13.8 Å². The van der Waals surface area contributed by atoms with Crippen molar-refractivity contribution in [1.29, 1.82) is 0 Å². The number of ether oxygens (including phenoxy) is 2. The Balaban J connectivity index is 1.82. The van der Waals surface area contributed by atoms with Crippen LogP contribution in [0.15, 0.2) is 64.5 Å². The van der Waals surface area contributed by atoms with Gasteiger partial charge in [0.25, 0.3) is 5.56 Å². The zero-order chi connectivity index (χ0) is 25.3. The number of nitrogens with zero attached hydrogens (tertiary/aromatic N) is 2. The average molecular weight is 489 g/mol. The molecule has 0 aliphatic rings. The van der Waals surface area contributed by atoms with Crippen LogP contribution in [-0.2, 0) is 11.2 Å². The summed E-state index contributed by atoms with van der Waals surface area (Å²) < 4.78 is 12.6. The summed E-state index contributed by atoms with van der Waals surface area (Å²) in [4.78, 5) is 18.5. The van der Waals surface area contributed by atoms with Crippen molar-refractivity contribution in [2.45, 2.75) is 50.9 Å². The van der Waals surface area contributed by atoms with Crippen LogP contribution in [-0.4, -0.2) is 23.8 Å². The molecular weight excluding hydrogens is 456 g/mol. The van der Waals surface area contributed by atoms with Gasteiger partial charge in [-0.25, -0.2) is 4.98 Å². The summed E-state index contributed by atoms with van der Waals surface area (Å²) in [5.41, 5.74) is 6.46. The molecule has 1 heterocycles. The second-order valence-electron chi connectivity index (χ2n) is 9.72. The molecule has 3 aromatic carbocycles. The van der Waals surface area contributed by atoms with Gasteiger partial charge in [-0.1, -0.05) is 56.8 Å². The first-order chi connectivity index (χ1) is 16.6. The van der Waals surface area contributed by atoms with Crippen molar-refractivity contribution in [1.82, 2.24) is 9.55 Å². The van der Waals surface area contributed by atoms with Crippen LogP contribution in [0.3, 0.4) is 0 Å². The van der Waals surface area contributed by atoms with Gasteiger partial charge in [-0.3, -0.25) is 9.36 Å². The lowest BCUT2D eigenvalue weighted by molar-refractivity contribution is 0.354. The van der Waals surface area contributed by atoms with Gasteiger partial charge in [-0.05, 0) is 65.8 Å². The highest BCUT2D eigenvalue weighted by Crippen LogP contribution is 2.33. The van der Waals surface area contributed by atoms with Crippen LogP contribution in [0.1, 0.15) is 43.0 Å². The van der Waals surface area contributed by atoms with Crippen LogP contribution in [0.2, 0.25) is 0 Å². The van der Waals surface area contributed by atoms with Gasteiger partial charge >= 0.3 is 0 Å². The predicted octanol–water partition coefficient (Wildman–Crippen LogP) is 6.61. The van der Waals surface area contributed by atoms with Gasteiger partial charge in [0.1, 0.15) is 0 Å². The Morgan fingerprint density at radius 2 is 1.57 bits per heavy atom. The molecule has 0 fully saturated rings. The Hall–Kier alpha value is -3.25. The quantitative estimate of drug-likeness (QED) is 0.226. The molecule has 4 rings (SSSR count). The first kappa shape index (κ1) is 24.9. The monoisotopic (exact) mass is 488 g/mol. The van der Waals surface area contributed by atoms with E-state index in [9.17, 15) is 4.79 Å². The number of para-hydroxylation sites is 1. The summed E-state index contributed by atoms with van der Waals surface area (Å²) in [5, 5.41) is 1.22. The number of hydrogen-bond donors (Lipinski definition) is 0. The maximum Gasteiger partial charge on any atom is 0.266 e. The highest BCUT2D eigenvalue weighted by Gasteiger charge is 2.19. The Labute approximate surface area is 211 Å². The van der Waals surface area contributed by atoms with Gasteiger partial charge in [0.2, 0.25) is 0 Å². The van der Waals surface area contributed by atoms with Crippen LogP contribution in [0.4, 0.5) is 0 Å². The third-order valence-electron chi connectivity index (χ3n) is 6.28. The van der Waals surface area contributed by atoms with Crippen LogP contribution >= 0.6 is 11.8 Å². The van der Waals surface area contributed by atoms with Crippen molar-refractivity contribution < 1.29 is 9.47 Å². The first-order valence-corrected chi connectivity index (χ1v) is 12.6. The number of thioether (sulfide) groups is 1. The third-order valence-corrected chi connectivity index (χ3v) is 7.24. The maximum absolute atomic E-state index is 13.6. The smallest absolute Gasteiger partial charge is 0.266 e. The van der Waals surface area contributed by atoms with E-state index in [4.69, 9.17) is 14.5 Å².